The van der Waals surface area contributed by atoms with E-state index in [4.69, 9.17) is 9.47 Å². The van der Waals surface area contributed by atoms with Gasteiger partial charge in [0.2, 0.25) is 0 Å². The van der Waals surface area contributed by atoms with Crippen molar-refractivity contribution in [1.29, 1.82) is 0 Å². The number of carbonyl (C=O) groups is 1. The lowest BCUT2D eigenvalue weighted by molar-refractivity contribution is 0.0902. The van der Waals surface area contributed by atoms with Crippen LogP contribution in [0.2, 0.25) is 0 Å². The highest BCUT2D eigenvalue weighted by Gasteiger charge is 2.29. The second-order valence-corrected chi connectivity index (χ2v) is 6.83. The van der Waals surface area contributed by atoms with Crippen LogP contribution in [0.1, 0.15) is 23.3 Å². The third-order valence-corrected chi connectivity index (χ3v) is 5.15. The number of piperidine rings is 1. The number of ether oxygens (including phenoxy) is 2. The van der Waals surface area contributed by atoms with Crippen molar-refractivity contribution in [2.75, 3.05) is 32.2 Å². The van der Waals surface area contributed by atoms with Gasteiger partial charge in [0.25, 0.3) is 0 Å². The molecule has 0 amide bonds. The molecule has 0 radical (unpaired) electrons. The van der Waals surface area contributed by atoms with E-state index in [-0.39, 0.29) is 11.7 Å². The van der Waals surface area contributed by atoms with Crippen molar-refractivity contribution in [2.45, 2.75) is 12.8 Å². The maximum absolute atomic E-state index is 12.9. The fraction of sp³-hybridized carbons (Fsp3) is 0.333. The van der Waals surface area contributed by atoms with E-state index < -0.39 is 0 Å². The number of nitrogens with zero attached hydrogens (tertiary/aromatic N) is 4. The number of hydrogen-bond donors (Lipinski definition) is 0. The lowest BCUT2D eigenvalue weighted by Gasteiger charge is -2.33. The third-order valence-electron chi connectivity index (χ3n) is 5.15. The Hall–Kier alpha value is -3.22. The summed E-state index contributed by atoms with van der Waals surface area (Å²) < 4.78 is 10.8. The summed E-state index contributed by atoms with van der Waals surface area (Å²) in [7, 11) is 3.22. The number of fused-ring (bicyclic) bond motifs is 1. The van der Waals surface area contributed by atoms with Crippen molar-refractivity contribution in [3.63, 3.8) is 0 Å². The lowest BCUT2D eigenvalue weighted by atomic mass is 9.91. The highest BCUT2D eigenvalue weighted by Crippen LogP contribution is 2.36. The summed E-state index contributed by atoms with van der Waals surface area (Å²) in [5.41, 5.74) is 0.518. The fourth-order valence-corrected chi connectivity index (χ4v) is 3.73. The van der Waals surface area contributed by atoms with Crippen molar-refractivity contribution < 1.29 is 14.3 Å². The predicted octanol–water partition coefficient (Wildman–Crippen LogP) is 3.14. The van der Waals surface area contributed by atoms with Crippen LogP contribution in [0.3, 0.4) is 0 Å². The summed E-state index contributed by atoms with van der Waals surface area (Å²) in [5.74, 6) is 2.02. The van der Waals surface area contributed by atoms with Gasteiger partial charge in [0.1, 0.15) is 5.69 Å². The molecule has 7 nitrogen and oxygen atoms in total. The molecule has 1 aliphatic heterocycles. The minimum atomic E-state index is -0.110. The van der Waals surface area contributed by atoms with Gasteiger partial charge in [-0.1, -0.05) is 6.07 Å². The topological polar surface area (TPSA) is 77.4 Å². The maximum atomic E-state index is 12.9. The van der Waals surface area contributed by atoms with Crippen LogP contribution >= 0.6 is 0 Å². The van der Waals surface area contributed by atoms with E-state index in [1.165, 1.54) is 0 Å². The van der Waals surface area contributed by atoms with E-state index in [1.807, 2.05) is 24.3 Å². The van der Waals surface area contributed by atoms with Crippen LogP contribution in [0.25, 0.3) is 10.8 Å². The largest absolute Gasteiger partial charge is 0.493 e. The van der Waals surface area contributed by atoms with E-state index >= 15 is 0 Å². The summed E-state index contributed by atoms with van der Waals surface area (Å²) in [5, 5.41) is 10.4. The van der Waals surface area contributed by atoms with Gasteiger partial charge in [0, 0.05) is 36.0 Å². The Morgan fingerprint density at radius 3 is 2.75 bits per heavy atom. The van der Waals surface area contributed by atoms with Crippen LogP contribution in [0.15, 0.2) is 42.7 Å². The van der Waals surface area contributed by atoms with E-state index in [0.29, 0.717) is 23.7 Å². The van der Waals surface area contributed by atoms with Crippen LogP contribution in [0.4, 0.5) is 5.82 Å². The van der Waals surface area contributed by atoms with Crippen molar-refractivity contribution in [1.82, 2.24) is 15.2 Å². The number of carbonyl (C=O) groups excluding carboxylic acids is 1. The monoisotopic (exact) mass is 378 g/mol. The van der Waals surface area contributed by atoms with Crippen molar-refractivity contribution in [3.8, 4) is 11.5 Å². The molecule has 7 heteroatoms. The first-order valence-electron chi connectivity index (χ1n) is 9.29. The molecule has 3 aromatic rings. The maximum Gasteiger partial charge on any atom is 0.185 e. The molecule has 1 atom stereocenters. The van der Waals surface area contributed by atoms with Gasteiger partial charge in [-0.3, -0.25) is 9.78 Å². The van der Waals surface area contributed by atoms with Crippen LogP contribution < -0.4 is 14.4 Å². The van der Waals surface area contributed by atoms with E-state index in [0.717, 1.165) is 36.0 Å². The van der Waals surface area contributed by atoms with Crippen LogP contribution in [0, 0.1) is 5.92 Å². The Kier molecular flexibility index (Phi) is 5.06. The molecule has 1 unspecified atom stereocenters. The Balaban J connectivity index is 1.67. The molecular weight excluding hydrogens is 356 g/mol. The molecule has 0 bridgehead atoms. The number of benzene rings is 1. The first-order chi connectivity index (χ1) is 13.7. The number of anilines is 1. The highest BCUT2D eigenvalue weighted by molar-refractivity contribution is 5.97. The normalized spacial score (nSPS) is 16.8. The van der Waals surface area contributed by atoms with Gasteiger partial charge < -0.3 is 14.4 Å². The Labute approximate surface area is 163 Å². The summed E-state index contributed by atoms with van der Waals surface area (Å²) in [4.78, 5) is 19.2. The molecule has 1 aromatic carbocycles. The number of pyridine rings is 1. The Bertz CT molecular complexity index is 994. The average Bonchev–Trinajstić information content (AvgIpc) is 2.77. The molecule has 3 heterocycles. The molecule has 144 valence electrons. The van der Waals surface area contributed by atoms with Gasteiger partial charge in [-0.25, -0.2) is 0 Å². The smallest absolute Gasteiger partial charge is 0.185 e. The summed E-state index contributed by atoms with van der Waals surface area (Å²) in [6, 6.07) is 9.25. The molecule has 28 heavy (non-hydrogen) atoms. The van der Waals surface area contributed by atoms with Gasteiger partial charge in [0.05, 0.1) is 20.4 Å². The summed E-state index contributed by atoms with van der Waals surface area (Å²) >= 11 is 0. The van der Waals surface area contributed by atoms with Crippen LogP contribution in [0.5, 0.6) is 11.5 Å². The zero-order valence-corrected chi connectivity index (χ0v) is 16.0. The molecule has 0 N–H and O–H groups in total. The SMILES string of the molecule is COc1cc2cnnc(N3CCCC(C(=O)c4ccccn4)C3)c2cc1OC. The van der Waals surface area contributed by atoms with Crippen LogP contribution in [-0.2, 0) is 0 Å². The average molecular weight is 378 g/mol. The van der Waals surface area contributed by atoms with E-state index in [1.54, 1.807) is 32.7 Å². The van der Waals surface area contributed by atoms with Crippen molar-refractivity contribution in [2.24, 2.45) is 5.92 Å². The molecule has 0 aliphatic carbocycles. The highest BCUT2D eigenvalue weighted by atomic mass is 16.5. The molecule has 1 saturated heterocycles. The number of rotatable bonds is 5. The number of methoxy groups -OCH3 is 2. The number of Topliss-reactive ketones (excluding diaryl/α,β-unsaturated/α-hetero) is 1. The molecule has 1 aliphatic rings. The molecule has 0 saturated carbocycles. The fourth-order valence-electron chi connectivity index (χ4n) is 3.73. The second kappa shape index (κ2) is 7.80. The zero-order chi connectivity index (χ0) is 19.5. The molecule has 4 rings (SSSR count). The van der Waals surface area contributed by atoms with E-state index in [9.17, 15) is 4.79 Å². The van der Waals surface area contributed by atoms with Crippen molar-refractivity contribution >= 4 is 22.4 Å². The lowest BCUT2D eigenvalue weighted by Crippen LogP contribution is -2.39. The number of aromatic nitrogens is 3. The van der Waals surface area contributed by atoms with Gasteiger partial charge in [-0.05, 0) is 37.1 Å². The quantitative estimate of drug-likeness (QED) is 0.631. The Morgan fingerprint density at radius 1 is 1.18 bits per heavy atom. The Morgan fingerprint density at radius 2 is 2.00 bits per heavy atom. The second-order valence-electron chi connectivity index (χ2n) is 6.83. The van der Waals surface area contributed by atoms with Crippen molar-refractivity contribution in [3.05, 3.63) is 48.4 Å². The first kappa shape index (κ1) is 18.2. The van der Waals surface area contributed by atoms with Crippen LogP contribution in [-0.4, -0.2) is 48.3 Å². The summed E-state index contributed by atoms with van der Waals surface area (Å²) in [6.07, 6.45) is 5.13. The number of hydrogen-bond acceptors (Lipinski definition) is 7. The van der Waals surface area contributed by atoms with Gasteiger partial charge >= 0.3 is 0 Å². The van der Waals surface area contributed by atoms with Gasteiger partial charge in [-0.2, -0.15) is 5.10 Å². The molecule has 0 spiro atoms. The van der Waals surface area contributed by atoms with E-state index in [2.05, 4.69) is 20.1 Å². The van der Waals surface area contributed by atoms with Gasteiger partial charge in [-0.15, -0.1) is 5.10 Å². The minimum Gasteiger partial charge on any atom is -0.493 e. The molecular formula is C21H22N4O3. The number of ketones is 1. The standard InChI is InChI=1S/C21H22N4O3/c1-27-18-10-15-12-23-24-21(16(15)11-19(18)28-2)25-9-5-6-14(13-25)20(26)17-7-3-4-8-22-17/h3-4,7-8,10-12,14H,5-6,9,13H2,1-2H3. The summed E-state index contributed by atoms with van der Waals surface area (Å²) in [6.45, 7) is 1.42. The first-order valence-corrected chi connectivity index (χ1v) is 9.29. The molecule has 2 aromatic heterocycles. The minimum absolute atomic E-state index is 0.0812. The molecule has 1 fully saturated rings. The third kappa shape index (κ3) is 3.35. The zero-order valence-electron chi connectivity index (χ0n) is 16.0. The van der Waals surface area contributed by atoms with Gasteiger partial charge in [0.15, 0.2) is 23.1 Å². The predicted molar refractivity (Wildman–Crippen MR) is 106 cm³/mol.